The van der Waals surface area contributed by atoms with Gasteiger partial charge in [0.25, 0.3) is 5.91 Å². The van der Waals surface area contributed by atoms with Gasteiger partial charge in [-0.3, -0.25) is 9.20 Å². The number of anilines is 1. The Bertz CT molecular complexity index is 1390. The Kier molecular flexibility index (Phi) is 4.41. The highest BCUT2D eigenvalue weighted by atomic mass is 16.5. The molecule has 0 aliphatic rings. The predicted octanol–water partition coefficient (Wildman–Crippen LogP) is 5.42. The number of aromatic nitrogens is 2. The van der Waals surface area contributed by atoms with Gasteiger partial charge in [0.1, 0.15) is 22.9 Å². The van der Waals surface area contributed by atoms with Crippen molar-refractivity contribution in [3.8, 4) is 17.0 Å². The summed E-state index contributed by atoms with van der Waals surface area (Å²) in [7, 11) is 1.58. The summed E-state index contributed by atoms with van der Waals surface area (Å²) >= 11 is 0. The van der Waals surface area contributed by atoms with Gasteiger partial charge in [-0.1, -0.05) is 48.5 Å². The van der Waals surface area contributed by atoms with Crippen molar-refractivity contribution >= 4 is 28.1 Å². The number of ether oxygens (including phenoxy) is 1. The van der Waals surface area contributed by atoms with E-state index in [0.29, 0.717) is 17.1 Å². The second-order valence-corrected chi connectivity index (χ2v) is 6.99. The molecule has 0 saturated heterocycles. The summed E-state index contributed by atoms with van der Waals surface area (Å²) in [5.41, 5.74) is 2.95. The molecular weight excluding hydrogens is 374 g/mol. The zero-order valence-corrected chi connectivity index (χ0v) is 16.4. The number of carbonyl (C=O) groups excluding carboxylic acids is 1. The Morgan fingerprint density at radius 1 is 0.900 bits per heavy atom. The third-order valence-corrected chi connectivity index (χ3v) is 5.12. The fourth-order valence-electron chi connectivity index (χ4n) is 3.60. The Labute approximate surface area is 173 Å². The number of methoxy groups -OCH3 is 1. The molecule has 1 amide bonds. The molecule has 5 heteroatoms. The molecule has 3 aromatic carbocycles. The molecule has 2 heterocycles. The van der Waals surface area contributed by atoms with Crippen LogP contribution in [0.25, 0.3) is 27.7 Å². The van der Waals surface area contributed by atoms with Crippen molar-refractivity contribution in [1.82, 2.24) is 9.38 Å². The van der Waals surface area contributed by atoms with Gasteiger partial charge >= 0.3 is 0 Å². The Morgan fingerprint density at radius 3 is 2.60 bits per heavy atom. The van der Waals surface area contributed by atoms with Crippen molar-refractivity contribution in [1.29, 1.82) is 0 Å². The van der Waals surface area contributed by atoms with Gasteiger partial charge in [0.2, 0.25) is 0 Å². The van der Waals surface area contributed by atoms with E-state index in [1.165, 1.54) is 0 Å². The van der Waals surface area contributed by atoms with Crippen LogP contribution in [0, 0.1) is 0 Å². The largest absolute Gasteiger partial charge is 0.497 e. The molecule has 30 heavy (non-hydrogen) atoms. The molecule has 5 aromatic rings. The van der Waals surface area contributed by atoms with Crippen LogP contribution in [0.4, 0.5) is 5.82 Å². The fraction of sp³-hybridized carbons (Fsp3) is 0.0400. The monoisotopic (exact) mass is 393 g/mol. The van der Waals surface area contributed by atoms with Crippen molar-refractivity contribution in [2.75, 3.05) is 12.4 Å². The van der Waals surface area contributed by atoms with Gasteiger partial charge < -0.3 is 10.1 Å². The number of benzene rings is 3. The average molecular weight is 393 g/mol. The number of hydrogen-bond acceptors (Lipinski definition) is 3. The molecule has 146 valence electrons. The van der Waals surface area contributed by atoms with E-state index < -0.39 is 0 Å². The summed E-state index contributed by atoms with van der Waals surface area (Å²) in [6.07, 6.45) is 1.90. The molecule has 2 aromatic heterocycles. The van der Waals surface area contributed by atoms with Crippen molar-refractivity contribution in [3.05, 3.63) is 96.7 Å². The second-order valence-electron chi connectivity index (χ2n) is 6.99. The first-order valence-corrected chi connectivity index (χ1v) is 9.64. The van der Waals surface area contributed by atoms with E-state index in [-0.39, 0.29) is 5.91 Å². The van der Waals surface area contributed by atoms with Crippen LogP contribution in [0.2, 0.25) is 0 Å². The Morgan fingerprint density at radius 2 is 1.73 bits per heavy atom. The minimum absolute atomic E-state index is 0.221. The number of pyridine rings is 1. The molecule has 0 aliphatic heterocycles. The van der Waals surface area contributed by atoms with E-state index >= 15 is 0 Å². The summed E-state index contributed by atoms with van der Waals surface area (Å²) in [5, 5.41) is 5.34. The average Bonchev–Trinajstić information content (AvgIpc) is 3.17. The lowest BCUT2D eigenvalue weighted by atomic mass is 10.0. The van der Waals surface area contributed by atoms with Crippen LogP contribution in [0.1, 0.15) is 10.4 Å². The van der Waals surface area contributed by atoms with Crippen molar-refractivity contribution < 1.29 is 9.53 Å². The van der Waals surface area contributed by atoms with E-state index in [0.717, 1.165) is 27.7 Å². The van der Waals surface area contributed by atoms with Crippen molar-refractivity contribution in [2.45, 2.75) is 0 Å². The number of rotatable bonds is 4. The standard InChI is InChI=1S/C25H19N3O2/c1-30-21-10-6-9-20(16-21)25(29)27-24-23(26-22-11-4-5-14-28(22)24)19-13-12-17-7-2-3-8-18(17)15-19/h2-16H,1H3,(H,27,29). The van der Waals surface area contributed by atoms with Crippen LogP contribution in [0.5, 0.6) is 5.75 Å². The van der Waals surface area contributed by atoms with E-state index in [1.54, 1.807) is 25.3 Å². The maximum Gasteiger partial charge on any atom is 0.256 e. The highest BCUT2D eigenvalue weighted by molar-refractivity contribution is 6.06. The van der Waals surface area contributed by atoms with Gasteiger partial charge in [-0.25, -0.2) is 4.98 Å². The summed E-state index contributed by atoms with van der Waals surface area (Å²) in [6.45, 7) is 0. The van der Waals surface area contributed by atoms with Gasteiger partial charge in [-0.2, -0.15) is 0 Å². The molecule has 0 atom stereocenters. The summed E-state index contributed by atoms with van der Waals surface area (Å²) in [4.78, 5) is 17.8. The van der Waals surface area contributed by atoms with Gasteiger partial charge in [0.05, 0.1) is 7.11 Å². The first-order chi connectivity index (χ1) is 14.7. The third kappa shape index (κ3) is 3.16. The van der Waals surface area contributed by atoms with Crippen molar-refractivity contribution in [3.63, 3.8) is 0 Å². The molecular formula is C25H19N3O2. The molecule has 0 bridgehead atoms. The SMILES string of the molecule is COc1cccc(C(=O)Nc2c(-c3ccc4ccccc4c3)nc3ccccn23)c1. The normalized spacial score (nSPS) is 11.0. The van der Waals surface area contributed by atoms with E-state index in [1.807, 2.05) is 53.1 Å². The molecule has 0 fully saturated rings. The smallest absolute Gasteiger partial charge is 0.256 e. The van der Waals surface area contributed by atoms with Gasteiger partial charge in [0, 0.05) is 17.3 Å². The third-order valence-electron chi connectivity index (χ3n) is 5.12. The summed E-state index contributed by atoms with van der Waals surface area (Å²) in [6, 6.07) is 27.2. The van der Waals surface area contributed by atoms with Crippen LogP contribution in [0.3, 0.4) is 0 Å². The number of amides is 1. The molecule has 1 N–H and O–H groups in total. The minimum Gasteiger partial charge on any atom is -0.497 e. The topological polar surface area (TPSA) is 55.6 Å². The van der Waals surface area contributed by atoms with Gasteiger partial charge in [-0.15, -0.1) is 0 Å². The lowest BCUT2D eigenvalue weighted by Gasteiger charge is -2.09. The van der Waals surface area contributed by atoms with E-state index in [2.05, 4.69) is 29.6 Å². The molecule has 0 radical (unpaired) electrons. The second kappa shape index (κ2) is 7.37. The number of carbonyl (C=O) groups is 1. The Hall–Kier alpha value is -4.12. The maximum absolute atomic E-state index is 13.0. The predicted molar refractivity (Wildman–Crippen MR) is 119 cm³/mol. The minimum atomic E-state index is -0.221. The van der Waals surface area contributed by atoms with Crippen LogP contribution < -0.4 is 10.1 Å². The molecule has 0 aliphatic carbocycles. The van der Waals surface area contributed by atoms with E-state index in [9.17, 15) is 4.79 Å². The number of fused-ring (bicyclic) bond motifs is 2. The van der Waals surface area contributed by atoms with Crippen LogP contribution in [-0.4, -0.2) is 22.4 Å². The first-order valence-electron chi connectivity index (χ1n) is 9.64. The molecule has 0 spiro atoms. The number of hydrogen-bond donors (Lipinski definition) is 1. The van der Waals surface area contributed by atoms with Crippen LogP contribution in [-0.2, 0) is 0 Å². The zero-order chi connectivity index (χ0) is 20.5. The maximum atomic E-state index is 13.0. The zero-order valence-electron chi connectivity index (χ0n) is 16.4. The lowest BCUT2D eigenvalue weighted by Crippen LogP contribution is -2.14. The van der Waals surface area contributed by atoms with Gasteiger partial charge in [-0.05, 0) is 47.2 Å². The van der Waals surface area contributed by atoms with E-state index in [4.69, 9.17) is 9.72 Å². The number of nitrogens with one attached hydrogen (secondary N) is 1. The Balaban J connectivity index is 1.62. The summed E-state index contributed by atoms with van der Waals surface area (Å²) in [5.74, 6) is 1.05. The van der Waals surface area contributed by atoms with Crippen molar-refractivity contribution in [2.24, 2.45) is 0 Å². The molecule has 5 rings (SSSR count). The summed E-state index contributed by atoms with van der Waals surface area (Å²) < 4.78 is 7.14. The fourth-order valence-corrected chi connectivity index (χ4v) is 3.60. The first kappa shape index (κ1) is 17.9. The number of nitrogens with zero attached hydrogens (tertiary/aromatic N) is 2. The molecule has 0 saturated carbocycles. The highest BCUT2D eigenvalue weighted by Gasteiger charge is 2.18. The van der Waals surface area contributed by atoms with Crippen LogP contribution >= 0.6 is 0 Å². The lowest BCUT2D eigenvalue weighted by molar-refractivity contribution is 0.102. The molecule has 5 nitrogen and oxygen atoms in total. The van der Waals surface area contributed by atoms with Gasteiger partial charge in [0.15, 0.2) is 0 Å². The molecule has 0 unspecified atom stereocenters. The number of imidazole rings is 1. The highest BCUT2D eigenvalue weighted by Crippen LogP contribution is 2.31. The quantitative estimate of drug-likeness (QED) is 0.444. The van der Waals surface area contributed by atoms with Crippen LogP contribution in [0.15, 0.2) is 91.1 Å².